The predicted octanol–water partition coefficient (Wildman–Crippen LogP) is 2.13. The summed E-state index contributed by atoms with van der Waals surface area (Å²) in [5.74, 6) is 0.0110. The van der Waals surface area contributed by atoms with Gasteiger partial charge in [-0.25, -0.2) is 23.1 Å². The van der Waals surface area contributed by atoms with Crippen molar-refractivity contribution in [3.63, 3.8) is 0 Å². The maximum absolute atomic E-state index is 12.4. The summed E-state index contributed by atoms with van der Waals surface area (Å²) in [6, 6.07) is 7.76. The number of benzene rings is 1. The van der Waals surface area contributed by atoms with Crippen LogP contribution >= 0.6 is 12.2 Å². The number of hydrogen-bond acceptors (Lipinski definition) is 6. The summed E-state index contributed by atoms with van der Waals surface area (Å²) in [5, 5.41) is 10.6. The van der Waals surface area contributed by atoms with E-state index in [2.05, 4.69) is 30.4 Å². The van der Waals surface area contributed by atoms with E-state index in [0.717, 1.165) is 11.4 Å². The van der Waals surface area contributed by atoms with Gasteiger partial charge in [-0.15, -0.1) is 0 Å². The third-order valence-electron chi connectivity index (χ3n) is 3.48. The number of nitrogens with one attached hydrogen (secondary N) is 3. The first-order valence-corrected chi connectivity index (χ1v) is 9.71. The Morgan fingerprint density at radius 2 is 1.78 bits per heavy atom. The highest BCUT2D eigenvalue weighted by Gasteiger charge is 2.15. The second-order valence-corrected chi connectivity index (χ2v) is 7.67. The van der Waals surface area contributed by atoms with Crippen LogP contribution in [-0.4, -0.2) is 33.3 Å². The van der Waals surface area contributed by atoms with Gasteiger partial charge in [0.2, 0.25) is 5.95 Å². The average molecular weight is 403 g/mol. The molecular formula is C16H17N7O2S2. The Labute approximate surface area is 161 Å². The van der Waals surface area contributed by atoms with Crippen molar-refractivity contribution in [1.82, 2.24) is 19.7 Å². The number of thiocarbonyl (C=S) groups is 1. The first-order chi connectivity index (χ1) is 12.8. The second kappa shape index (κ2) is 7.68. The second-order valence-electron chi connectivity index (χ2n) is 5.58. The molecule has 3 N–H and O–H groups in total. The smallest absolute Gasteiger partial charge is 0.264 e. The first-order valence-electron chi connectivity index (χ1n) is 7.82. The van der Waals surface area contributed by atoms with Crippen molar-refractivity contribution in [3.05, 3.63) is 54.6 Å². The fourth-order valence-corrected chi connectivity index (χ4v) is 3.44. The number of hydrogen-bond donors (Lipinski definition) is 3. The van der Waals surface area contributed by atoms with Gasteiger partial charge in [0.15, 0.2) is 5.11 Å². The molecule has 11 heteroatoms. The summed E-state index contributed by atoms with van der Waals surface area (Å²) in [6.07, 6.45) is 4.72. The zero-order valence-electron chi connectivity index (χ0n) is 14.5. The van der Waals surface area contributed by atoms with Crippen molar-refractivity contribution in [2.45, 2.75) is 11.8 Å². The van der Waals surface area contributed by atoms with Crippen LogP contribution < -0.4 is 15.4 Å². The Morgan fingerprint density at radius 1 is 1.11 bits per heavy atom. The van der Waals surface area contributed by atoms with Gasteiger partial charge in [0, 0.05) is 31.3 Å². The lowest BCUT2D eigenvalue weighted by Crippen LogP contribution is -2.19. The number of rotatable bonds is 5. The van der Waals surface area contributed by atoms with Crippen molar-refractivity contribution in [3.8, 4) is 0 Å². The van der Waals surface area contributed by atoms with Crippen LogP contribution in [0.25, 0.3) is 0 Å². The number of aryl methyl sites for hydroxylation is 2. The molecule has 0 radical (unpaired) electrons. The molecule has 0 aliphatic carbocycles. The molecule has 0 atom stereocenters. The lowest BCUT2D eigenvalue weighted by Gasteiger charge is -2.11. The van der Waals surface area contributed by atoms with Crippen LogP contribution in [-0.2, 0) is 17.1 Å². The van der Waals surface area contributed by atoms with E-state index in [1.807, 2.05) is 20.2 Å². The number of anilines is 3. The molecule has 0 spiro atoms. The highest BCUT2D eigenvalue weighted by molar-refractivity contribution is 7.92. The van der Waals surface area contributed by atoms with Crippen molar-refractivity contribution < 1.29 is 8.42 Å². The normalized spacial score (nSPS) is 11.0. The molecule has 0 aliphatic rings. The van der Waals surface area contributed by atoms with E-state index >= 15 is 0 Å². The minimum absolute atomic E-state index is 0.0110. The van der Waals surface area contributed by atoms with Gasteiger partial charge >= 0.3 is 0 Å². The van der Waals surface area contributed by atoms with Gasteiger partial charge in [-0.1, -0.05) is 0 Å². The summed E-state index contributed by atoms with van der Waals surface area (Å²) in [5.41, 5.74) is 2.25. The van der Waals surface area contributed by atoms with E-state index in [4.69, 9.17) is 12.2 Å². The van der Waals surface area contributed by atoms with E-state index in [1.54, 1.807) is 22.9 Å². The van der Waals surface area contributed by atoms with Crippen LogP contribution in [0, 0.1) is 6.92 Å². The van der Waals surface area contributed by atoms with Crippen LogP contribution in [0.5, 0.6) is 0 Å². The summed E-state index contributed by atoms with van der Waals surface area (Å²) < 4.78 is 28.7. The lowest BCUT2D eigenvalue weighted by molar-refractivity contribution is 0.601. The van der Waals surface area contributed by atoms with Crippen LogP contribution in [0.3, 0.4) is 0 Å². The van der Waals surface area contributed by atoms with E-state index in [0.29, 0.717) is 10.8 Å². The highest BCUT2D eigenvalue weighted by Crippen LogP contribution is 2.17. The zero-order chi connectivity index (χ0) is 19.4. The third-order valence-corrected chi connectivity index (χ3v) is 5.02. The number of nitrogens with zero attached hydrogens (tertiary/aromatic N) is 4. The van der Waals surface area contributed by atoms with Crippen molar-refractivity contribution >= 4 is 44.7 Å². The molecule has 0 unspecified atom stereocenters. The standard InChI is InChI=1S/C16H17N7O2S2/c1-11-14(10-23(2)21-11)20-16(26)19-12-4-6-13(7-5-12)27(24,25)22-15-17-8-3-9-18-15/h3-10H,1-2H3,(H,17,18,22)(H2,19,20,26). The maximum Gasteiger partial charge on any atom is 0.264 e. The Hall–Kier alpha value is -3.05. The maximum atomic E-state index is 12.4. The fraction of sp³-hybridized carbons (Fsp3) is 0.125. The largest absolute Gasteiger partial charge is 0.332 e. The molecule has 9 nitrogen and oxygen atoms in total. The van der Waals surface area contributed by atoms with Gasteiger partial charge in [0.25, 0.3) is 10.0 Å². The van der Waals surface area contributed by atoms with Gasteiger partial charge in [0.1, 0.15) is 0 Å². The number of sulfonamides is 1. The van der Waals surface area contributed by atoms with Gasteiger partial charge in [-0.2, -0.15) is 5.10 Å². The van der Waals surface area contributed by atoms with E-state index in [1.165, 1.54) is 24.5 Å². The molecule has 0 aliphatic heterocycles. The molecule has 1 aromatic carbocycles. The Bertz CT molecular complexity index is 1050. The molecular weight excluding hydrogens is 386 g/mol. The van der Waals surface area contributed by atoms with Crippen LogP contribution in [0.4, 0.5) is 17.3 Å². The van der Waals surface area contributed by atoms with Crippen molar-refractivity contribution in [2.24, 2.45) is 7.05 Å². The minimum Gasteiger partial charge on any atom is -0.332 e. The zero-order valence-corrected chi connectivity index (χ0v) is 16.2. The molecule has 140 valence electrons. The fourth-order valence-electron chi connectivity index (χ4n) is 2.26. The monoisotopic (exact) mass is 403 g/mol. The molecule has 3 rings (SSSR count). The average Bonchev–Trinajstić information content (AvgIpc) is 2.93. The van der Waals surface area contributed by atoms with E-state index in [-0.39, 0.29) is 10.8 Å². The van der Waals surface area contributed by atoms with Crippen molar-refractivity contribution in [2.75, 3.05) is 15.4 Å². The van der Waals surface area contributed by atoms with Gasteiger partial charge < -0.3 is 10.6 Å². The molecule has 3 aromatic rings. The van der Waals surface area contributed by atoms with Crippen LogP contribution in [0.15, 0.2) is 53.8 Å². The molecule has 0 saturated carbocycles. The van der Waals surface area contributed by atoms with Crippen LogP contribution in [0.1, 0.15) is 5.69 Å². The summed E-state index contributed by atoms with van der Waals surface area (Å²) in [4.78, 5) is 7.78. The van der Waals surface area contributed by atoms with Gasteiger partial charge in [-0.05, 0) is 49.5 Å². The predicted molar refractivity (Wildman–Crippen MR) is 107 cm³/mol. The Kier molecular flexibility index (Phi) is 5.33. The summed E-state index contributed by atoms with van der Waals surface area (Å²) in [7, 11) is -1.95. The lowest BCUT2D eigenvalue weighted by atomic mass is 10.3. The van der Waals surface area contributed by atoms with Crippen molar-refractivity contribution in [1.29, 1.82) is 0 Å². The van der Waals surface area contributed by atoms with E-state index in [9.17, 15) is 8.42 Å². The molecule has 0 fully saturated rings. The molecule has 2 aromatic heterocycles. The minimum atomic E-state index is -3.77. The first kappa shape index (κ1) is 18.7. The van der Waals surface area contributed by atoms with E-state index < -0.39 is 10.0 Å². The summed E-state index contributed by atoms with van der Waals surface area (Å²) >= 11 is 5.27. The SMILES string of the molecule is Cc1nn(C)cc1NC(=S)Nc1ccc(S(=O)(=O)Nc2ncccn2)cc1. The quantitative estimate of drug-likeness (QED) is 0.555. The third kappa shape index (κ3) is 4.77. The van der Waals surface area contributed by atoms with Gasteiger partial charge in [0.05, 0.1) is 16.3 Å². The van der Waals surface area contributed by atoms with Gasteiger partial charge in [-0.3, -0.25) is 4.68 Å². The molecule has 2 heterocycles. The van der Waals surface area contributed by atoms with Crippen LogP contribution in [0.2, 0.25) is 0 Å². The molecule has 0 amide bonds. The number of aromatic nitrogens is 4. The summed E-state index contributed by atoms with van der Waals surface area (Å²) in [6.45, 7) is 1.87. The Morgan fingerprint density at radius 3 is 2.37 bits per heavy atom. The molecule has 0 bridgehead atoms. The Balaban J connectivity index is 1.66. The molecule has 0 saturated heterocycles. The highest BCUT2D eigenvalue weighted by atomic mass is 32.2. The molecule has 27 heavy (non-hydrogen) atoms. The topological polar surface area (TPSA) is 114 Å².